The molecule has 3 heterocycles. The van der Waals surface area contributed by atoms with E-state index in [-0.39, 0.29) is 6.61 Å². The van der Waals surface area contributed by atoms with E-state index in [9.17, 15) is 0 Å². The number of hydrogen-bond donors (Lipinski definition) is 1. The van der Waals surface area contributed by atoms with E-state index in [0.717, 1.165) is 31.8 Å². The molecule has 5 heteroatoms. The third kappa shape index (κ3) is 2.94. The van der Waals surface area contributed by atoms with Gasteiger partial charge in [0.1, 0.15) is 24.0 Å². The van der Waals surface area contributed by atoms with Crippen molar-refractivity contribution in [3.8, 4) is 0 Å². The van der Waals surface area contributed by atoms with Crippen molar-refractivity contribution in [1.82, 2.24) is 14.5 Å². The number of rotatable bonds is 5. The first-order valence-corrected chi connectivity index (χ1v) is 7.11. The fraction of sp³-hybridized carbons (Fsp3) is 0.533. The van der Waals surface area contributed by atoms with Crippen molar-refractivity contribution in [2.24, 2.45) is 5.92 Å². The summed E-state index contributed by atoms with van der Waals surface area (Å²) in [5.74, 6) is 3.42. The number of hydrogen-bond acceptors (Lipinski definition) is 4. The maximum atomic E-state index is 9.00. The van der Waals surface area contributed by atoms with Crippen molar-refractivity contribution in [3.63, 3.8) is 0 Å². The molecule has 1 unspecified atom stereocenters. The minimum absolute atomic E-state index is 0.0320. The van der Waals surface area contributed by atoms with Crippen molar-refractivity contribution in [3.05, 3.63) is 41.9 Å². The molecule has 0 aromatic carbocycles. The average Bonchev–Trinajstić information content (AvgIpc) is 3.06. The Bertz CT molecular complexity index is 561. The minimum Gasteiger partial charge on any atom is -0.462 e. The lowest BCUT2D eigenvalue weighted by atomic mass is 9.99. The number of imidazole rings is 1. The summed E-state index contributed by atoms with van der Waals surface area (Å²) in [6.45, 7) is 2.86. The Hall–Kier alpha value is -1.59. The van der Waals surface area contributed by atoms with Gasteiger partial charge in [-0.1, -0.05) is 0 Å². The third-order valence-corrected chi connectivity index (χ3v) is 3.90. The van der Waals surface area contributed by atoms with Gasteiger partial charge in [0, 0.05) is 31.9 Å². The summed E-state index contributed by atoms with van der Waals surface area (Å²) in [5.41, 5.74) is 0. The van der Waals surface area contributed by atoms with Crippen molar-refractivity contribution >= 4 is 0 Å². The molecule has 0 aliphatic carbocycles. The van der Waals surface area contributed by atoms with E-state index in [1.807, 2.05) is 18.3 Å². The molecule has 2 aromatic rings. The number of aromatic nitrogens is 2. The van der Waals surface area contributed by atoms with E-state index < -0.39 is 0 Å². The van der Waals surface area contributed by atoms with Gasteiger partial charge in [-0.05, 0) is 31.5 Å². The predicted octanol–water partition coefficient (Wildman–Crippen LogP) is 1.66. The second kappa shape index (κ2) is 5.81. The SMILES string of the molecule is CN(Cc1ccc(CO)o1)CC1CCc2nccn2C1. The predicted molar refractivity (Wildman–Crippen MR) is 75.0 cm³/mol. The van der Waals surface area contributed by atoms with Gasteiger partial charge in [0.05, 0.1) is 6.54 Å². The zero-order valence-corrected chi connectivity index (χ0v) is 11.8. The summed E-state index contributed by atoms with van der Waals surface area (Å²) in [6.07, 6.45) is 6.23. The van der Waals surface area contributed by atoms with Crippen LogP contribution in [0.3, 0.4) is 0 Å². The molecule has 0 saturated heterocycles. The van der Waals surface area contributed by atoms with Gasteiger partial charge in [0.15, 0.2) is 0 Å². The first-order chi connectivity index (χ1) is 9.74. The van der Waals surface area contributed by atoms with Gasteiger partial charge in [-0.3, -0.25) is 4.90 Å². The molecule has 1 N–H and O–H groups in total. The number of aryl methyl sites for hydroxylation is 1. The summed E-state index contributed by atoms with van der Waals surface area (Å²) in [6, 6.07) is 3.78. The highest BCUT2D eigenvalue weighted by Gasteiger charge is 2.20. The van der Waals surface area contributed by atoms with E-state index >= 15 is 0 Å². The summed E-state index contributed by atoms with van der Waals surface area (Å²) < 4.78 is 7.79. The van der Waals surface area contributed by atoms with Crippen LogP contribution in [-0.2, 0) is 26.1 Å². The molecular weight excluding hydrogens is 254 g/mol. The van der Waals surface area contributed by atoms with E-state index in [1.54, 1.807) is 0 Å². The molecule has 5 nitrogen and oxygen atoms in total. The van der Waals surface area contributed by atoms with E-state index in [1.165, 1.54) is 12.2 Å². The molecule has 0 saturated carbocycles. The second-order valence-electron chi connectivity index (χ2n) is 5.62. The van der Waals surface area contributed by atoms with Gasteiger partial charge < -0.3 is 14.1 Å². The van der Waals surface area contributed by atoms with Crippen molar-refractivity contribution in [1.29, 1.82) is 0 Å². The second-order valence-corrected chi connectivity index (χ2v) is 5.62. The van der Waals surface area contributed by atoms with Crippen LogP contribution < -0.4 is 0 Å². The fourth-order valence-corrected chi connectivity index (χ4v) is 2.95. The van der Waals surface area contributed by atoms with E-state index in [2.05, 4.69) is 27.7 Å². The molecule has 0 radical (unpaired) electrons. The molecule has 1 aliphatic rings. The summed E-state index contributed by atoms with van der Waals surface area (Å²) in [5, 5.41) is 9.00. The average molecular weight is 275 g/mol. The van der Waals surface area contributed by atoms with Crippen molar-refractivity contribution < 1.29 is 9.52 Å². The molecule has 0 amide bonds. The quantitative estimate of drug-likeness (QED) is 0.901. The number of furan rings is 1. The molecule has 3 rings (SSSR count). The first-order valence-electron chi connectivity index (χ1n) is 7.11. The number of fused-ring (bicyclic) bond motifs is 1. The monoisotopic (exact) mass is 275 g/mol. The Labute approximate surface area is 118 Å². The van der Waals surface area contributed by atoms with E-state index in [0.29, 0.717) is 11.7 Å². The summed E-state index contributed by atoms with van der Waals surface area (Å²) >= 11 is 0. The van der Waals surface area contributed by atoms with Crippen molar-refractivity contribution in [2.75, 3.05) is 13.6 Å². The van der Waals surface area contributed by atoms with Crippen LogP contribution in [0.25, 0.3) is 0 Å². The highest BCUT2D eigenvalue weighted by Crippen LogP contribution is 2.20. The topological polar surface area (TPSA) is 54.4 Å². The van der Waals surface area contributed by atoms with Crippen LogP contribution in [0.2, 0.25) is 0 Å². The van der Waals surface area contributed by atoms with Crippen LogP contribution in [-0.4, -0.2) is 33.1 Å². The van der Waals surface area contributed by atoms with Gasteiger partial charge in [0.2, 0.25) is 0 Å². The number of aliphatic hydroxyl groups excluding tert-OH is 1. The smallest absolute Gasteiger partial charge is 0.129 e. The standard InChI is InChI=1S/C15H21N3O2/c1-17(10-13-3-4-14(11-19)20-13)8-12-2-5-15-16-6-7-18(15)9-12/h3-4,6-7,12,19H,2,5,8-11H2,1H3. The molecule has 2 aromatic heterocycles. The van der Waals surface area contributed by atoms with Crippen molar-refractivity contribution in [2.45, 2.75) is 32.5 Å². The maximum Gasteiger partial charge on any atom is 0.129 e. The molecule has 0 spiro atoms. The lowest BCUT2D eigenvalue weighted by Gasteiger charge is -2.27. The summed E-state index contributed by atoms with van der Waals surface area (Å²) in [4.78, 5) is 6.65. The molecule has 1 aliphatic heterocycles. The van der Waals surface area contributed by atoms with Crippen LogP contribution in [0, 0.1) is 5.92 Å². The molecule has 1 atom stereocenters. The molecule has 0 bridgehead atoms. The highest BCUT2D eigenvalue weighted by molar-refractivity contribution is 5.06. The summed E-state index contributed by atoms with van der Waals surface area (Å²) in [7, 11) is 2.12. The van der Waals surface area contributed by atoms with Gasteiger partial charge in [-0.25, -0.2) is 4.98 Å². The number of nitrogens with zero attached hydrogens (tertiary/aromatic N) is 3. The van der Waals surface area contributed by atoms with Crippen LogP contribution in [0.4, 0.5) is 0 Å². The van der Waals surface area contributed by atoms with Gasteiger partial charge in [-0.2, -0.15) is 0 Å². The van der Waals surface area contributed by atoms with Gasteiger partial charge >= 0.3 is 0 Å². The van der Waals surface area contributed by atoms with Gasteiger partial charge in [0.25, 0.3) is 0 Å². The lowest BCUT2D eigenvalue weighted by molar-refractivity contribution is 0.205. The highest BCUT2D eigenvalue weighted by atomic mass is 16.4. The largest absolute Gasteiger partial charge is 0.462 e. The first kappa shape index (κ1) is 13.4. The molecule has 108 valence electrons. The number of aliphatic hydroxyl groups is 1. The van der Waals surface area contributed by atoms with Crippen LogP contribution in [0.15, 0.2) is 28.9 Å². The Kier molecular flexibility index (Phi) is 3.89. The minimum atomic E-state index is -0.0320. The Balaban J connectivity index is 1.53. The van der Waals surface area contributed by atoms with E-state index in [4.69, 9.17) is 9.52 Å². The van der Waals surface area contributed by atoms with Crippen LogP contribution in [0.1, 0.15) is 23.8 Å². The Morgan fingerprint density at radius 3 is 3.10 bits per heavy atom. The Morgan fingerprint density at radius 2 is 2.30 bits per heavy atom. The van der Waals surface area contributed by atoms with Gasteiger partial charge in [-0.15, -0.1) is 0 Å². The Morgan fingerprint density at radius 1 is 1.45 bits per heavy atom. The fourth-order valence-electron chi connectivity index (χ4n) is 2.95. The normalized spacial score (nSPS) is 18.4. The van der Waals surface area contributed by atoms with Crippen LogP contribution >= 0.6 is 0 Å². The zero-order valence-electron chi connectivity index (χ0n) is 11.8. The lowest BCUT2D eigenvalue weighted by Crippen LogP contribution is -2.31. The van der Waals surface area contributed by atoms with Crippen LogP contribution in [0.5, 0.6) is 0 Å². The molecule has 0 fully saturated rings. The third-order valence-electron chi connectivity index (χ3n) is 3.90. The molecular formula is C15H21N3O2. The molecule has 20 heavy (non-hydrogen) atoms. The maximum absolute atomic E-state index is 9.00. The zero-order chi connectivity index (χ0) is 13.9.